The minimum Gasteiger partial charge on any atom is -0.358 e. The maximum Gasteiger partial charge on any atom is 0.243 e. The Kier molecular flexibility index (Phi) is 3.42. The number of para-hydroxylation sites is 2. The molecule has 0 radical (unpaired) electrons. The van der Waals surface area contributed by atoms with Gasteiger partial charge >= 0.3 is 0 Å². The first-order chi connectivity index (χ1) is 9.28. The first-order valence-corrected chi connectivity index (χ1v) is 7.10. The van der Waals surface area contributed by atoms with E-state index >= 15 is 0 Å². The Labute approximate surface area is 114 Å². The molecule has 1 aliphatic carbocycles. The predicted octanol–water partition coefficient (Wildman–Crippen LogP) is 1.98. The van der Waals surface area contributed by atoms with Gasteiger partial charge in [-0.05, 0) is 44.9 Å². The Bertz CT molecular complexity index is 466. The minimum atomic E-state index is 0.106. The number of carbonyl (C=O) groups excluding carboxylic acids is 1. The molecule has 3 rings (SSSR count). The number of anilines is 2. The van der Waals surface area contributed by atoms with Gasteiger partial charge in [-0.25, -0.2) is 0 Å². The van der Waals surface area contributed by atoms with Crippen molar-refractivity contribution < 1.29 is 4.79 Å². The van der Waals surface area contributed by atoms with E-state index in [1.54, 1.807) is 0 Å². The van der Waals surface area contributed by atoms with Gasteiger partial charge in [0.15, 0.2) is 0 Å². The Morgan fingerprint density at radius 1 is 1.21 bits per heavy atom. The van der Waals surface area contributed by atoms with Gasteiger partial charge < -0.3 is 15.5 Å². The highest BCUT2D eigenvalue weighted by atomic mass is 16.2. The molecule has 19 heavy (non-hydrogen) atoms. The molecule has 1 aromatic carbocycles. The summed E-state index contributed by atoms with van der Waals surface area (Å²) >= 11 is 0. The molecule has 0 unspecified atom stereocenters. The van der Waals surface area contributed by atoms with Crippen molar-refractivity contribution in [3.63, 3.8) is 0 Å². The SMILES string of the molecule is CNC1CCC(N2CC(=O)Nc3ccccc32)CC1. The number of nitrogens with one attached hydrogen (secondary N) is 2. The smallest absolute Gasteiger partial charge is 0.243 e. The molecule has 1 aliphatic heterocycles. The fourth-order valence-corrected chi connectivity index (χ4v) is 3.26. The molecule has 1 heterocycles. The van der Waals surface area contributed by atoms with Crippen LogP contribution in [0.4, 0.5) is 11.4 Å². The van der Waals surface area contributed by atoms with Crippen molar-refractivity contribution in [1.29, 1.82) is 0 Å². The number of hydrogen-bond donors (Lipinski definition) is 2. The number of rotatable bonds is 2. The van der Waals surface area contributed by atoms with Gasteiger partial charge in [-0.2, -0.15) is 0 Å². The third-order valence-electron chi connectivity index (χ3n) is 4.35. The van der Waals surface area contributed by atoms with Crippen LogP contribution < -0.4 is 15.5 Å². The van der Waals surface area contributed by atoms with E-state index in [1.165, 1.54) is 18.5 Å². The van der Waals surface area contributed by atoms with Gasteiger partial charge in [0.05, 0.1) is 17.9 Å². The van der Waals surface area contributed by atoms with Crippen molar-refractivity contribution in [3.05, 3.63) is 24.3 Å². The Morgan fingerprint density at radius 2 is 1.95 bits per heavy atom. The molecule has 4 heteroatoms. The summed E-state index contributed by atoms with van der Waals surface area (Å²) in [4.78, 5) is 14.1. The lowest BCUT2D eigenvalue weighted by Gasteiger charge is -2.40. The third kappa shape index (κ3) is 2.45. The number of nitrogens with zero attached hydrogens (tertiary/aromatic N) is 1. The van der Waals surface area contributed by atoms with Crippen LogP contribution in [-0.2, 0) is 4.79 Å². The summed E-state index contributed by atoms with van der Waals surface area (Å²) in [5.41, 5.74) is 2.13. The highest BCUT2D eigenvalue weighted by Gasteiger charge is 2.30. The van der Waals surface area contributed by atoms with Crippen molar-refractivity contribution in [2.24, 2.45) is 0 Å². The highest BCUT2D eigenvalue weighted by molar-refractivity contribution is 6.01. The molecule has 1 saturated carbocycles. The second-order valence-electron chi connectivity index (χ2n) is 5.49. The second kappa shape index (κ2) is 5.21. The average Bonchev–Trinajstić information content (AvgIpc) is 2.46. The summed E-state index contributed by atoms with van der Waals surface area (Å²) < 4.78 is 0. The van der Waals surface area contributed by atoms with E-state index in [0.29, 0.717) is 18.6 Å². The quantitative estimate of drug-likeness (QED) is 0.853. The normalized spacial score (nSPS) is 26.8. The first kappa shape index (κ1) is 12.5. The second-order valence-corrected chi connectivity index (χ2v) is 5.49. The average molecular weight is 259 g/mol. The van der Waals surface area contributed by atoms with Gasteiger partial charge in [0, 0.05) is 12.1 Å². The molecule has 102 valence electrons. The van der Waals surface area contributed by atoms with E-state index in [9.17, 15) is 4.79 Å². The largest absolute Gasteiger partial charge is 0.358 e. The molecule has 4 nitrogen and oxygen atoms in total. The van der Waals surface area contributed by atoms with Crippen molar-refractivity contribution in [3.8, 4) is 0 Å². The molecule has 1 fully saturated rings. The molecule has 1 amide bonds. The van der Waals surface area contributed by atoms with Crippen molar-refractivity contribution in [2.45, 2.75) is 37.8 Å². The van der Waals surface area contributed by atoms with Gasteiger partial charge in [-0.3, -0.25) is 4.79 Å². The maximum absolute atomic E-state index is 11.8. The zero-order valence-corrected chi connectivity index (χ0v) is 11.4. The van der Waals surface area contributed by atoms with Crippen LogP contribution in [0.2, 0.25) is 0 Å². The van der Waals surface area contributed by atoms with Crippen LogP contribution in [0.1, 0.15) is 25.7 Å². The van der Waals surface area contributed by atoms with Gasteiger partial charge in [0.25, 0.3) is 0 Å². The summed E-state index contributed by atoms with van der Waals surface area (Å²) in [5, 5.41) is 6.31. The number of carbonyl (C=O) groups is 1. The zero-order valence-electron chi connectivity index (χ0n) is 11.4. The van der Waals surface area contributed by atoms with Crippen LogP contribution in [-0.4, -0.2) is 31.6 Å². The van der Waals surface area contributed by atoms with E-state index in [4.69, 9.17) is 0 Å². The van der Waals surface area contributed by atoms with Crippen LogP contribution in [0.5, 0.6) is 0 Å². The van der Waals surface area contributed by atoms with Crippen LogP contribution >= 0.6 is 0 Å². The summed E-state index contributed by atoms with van der Waals surface area (Å²) in [7, 11) is 2.04. The molecular weight excluding hydrogens is 238 g/mol. The molecule has 0 spiro atoms. The predicted molar refractivity (Wildman–Crippen MR) is 77.5 cm³/mol. The van der Waals surface area contributed by atoms with E-state index in [-0.39, 0.29) is 5.91 Å². The molecule has 1 aromatic rings. The number of amides is 1. The number of benzene rings is 1. The Morgan fingerprint density at radius 3 is 2.68 bits per heavy atom. The third-order valence-corrected chi connectivity index (χ3v) is 4.35. The van der Waals surface area contributed by atoms with E-state index in [2.05, 4.69) is 21.6 Å². The lowest BCUT2D eigenvalue weighted by Crippen LogP contribution is -2.47. The van der Waals surface area contributed by atoms with Crippen molar-refractivity contribution >= 4 is 17.3 Å². The van der Waals surface area contributed by atoms with Gasteiger partial charge in [0.2, 0.25) is 5.91 Å². The van der Waals surface area contributed by atoms with Crippen molar-refractivity contribution in [1.82, 2.24) is 5.32 Å². The summed E-state index contributed by atoms with van der Waals surface area (Å²) in [6, 6.07) is 9.25. The lowest BCUT2D eigenvalue weighted by molar-refractivity contribution is -0.115. The fourth-order valence-electron chi connectivity index (χ4n) is 3.26. The molecule has 0 atom stereocenters. The summed E-state index contributed by atoms with van der Waals surface area (Å²) in [6.45, 7) is 0.492. The van der Waals surface area contributed by atoms with E-state index in [0.717, 1.165) is 18.5 Å². The zero-order chi connectivity index (χ0) is 13.2. The Hall–Kier alpha value is -1.55. The van der Waals surface area contributed by atoms with Crippen molar-refractivity contribution in [2.75, 3.05) is 23.8 Å². The topological polar surface area (TPSA) is 44.4 Å². The molecule has 2 aliphatic rings. The fraction of sp³-hybridized carbons (Fsp3) is 0.533. The maximum atomic E-state index is 11.8. The minimum absolute atomic E-state index is 0.106. The number of fused-ring (bicyclic) bond motifs is 1. The molecule has 0 aromatic heterocycles. The number of hydrogen-bond acceptors (Lipinski definition) is 3. The highest BCUT2D eigenvalue weighted by Crippen LogP contribution is 2.34. The van der Waals surface area contributed by atoms with Crippen LogP contribution in [0.15, 0.2) is 24.3 Å². The lowest BCUT2D eigenvalue weighted by atomic mass is 9.89. The molecule has 0 saturated heterocycles. The first-order valence-electron chi connectivity index (χ1n) is 7.10. The van der Waals surface area contributed by atoms with Crippen LogP contribution in [0.25, 0.3) is 0 Å². The molecule has 2 N–H and O–H groups in total. The summed E-state index contributed by atoms with van der Waals surface area (Å²) in [5.74, 6) is 0.106. The van der Waals surface area contributed by atoms with Gasteiger partial charge in [-0.1, -0.05) is 12.1 Å². The van der Waals surface area contributed by atoms with E-state index in [1.807, 2.05) is 25.2 Å². The van der Waals surface area contributed by atoms with Crippen LogP contribution in [0, 0.1) is 0 Å². The van der Waals surface area contributed by atoms with Gasteiger partial charge in [-0.15, -0.1) is 0 Å². The van der Waals surface area contributed by atoms with Gasteiger partial charge in [0.1, 0.15) is 0 Å². The van der Waals surface area contributed by atoms with Crippen LogP contribution in [0.3, 0.4) is 0 Å². The molecular formula is C15H21N3O. The Balaban J connectivity index is 1.80. The van der Waals surface area contributed by atoms with E-state index < -0.39 is 0 Å². The monoisotopic (exact) mass is 259 g/mol. The standard InChI is InChI=1S/C15H21N3O/c1-16-11-6-8-12(9-7-11)18-10-15(19)17-13-4-2-3-5-14(13)18/h2-5,11-12,16H,6-10H2,1H3,(H,17,19). The summed E-state index contributed by atoms with van der Waals surface area (Å²) in [6.07, 6.45) is 4.71. The molecule has 0 bridgehead atoms.